The van der Waals surface area contributed by atoms with Crippen molar-refractivity contribution < 1.29 is 28.2 Å². The molecule has 2 fully saturated rings. The van der Waals surface area contributed by atoms with E-state index in [2.05, 4.69) is 19.3 Å². The number of nitrogens with one attached hydrogen (secondary N) is 1. The molecule has 8 nitrogen and oxygen atoms in total. The Morgan fingerprint density at radius 3 is 2.47 bits per heavy atom. The minimum Gasteiger partial charge on any atom is -0.473 e. The van der Waals surface area contributed by atoms with Crippen molar-refractivity contribution in [1.82, 2.24) is 14.6 Å². The molecule has 1 saturated carbocycles. The molecule has 0 radical (unpaired) electrons. The molecular formula is C22H32FN3O5S. The maximum atomic E-state index is 12.6. The van der Waals surface area contributed by atoms with Crippen LogP contribution in [0, 0.1) is 17.8 Å². The summed E-state index contributed by atoms with van der Waals surface area (Å²) in [6.07, 6.45) is 2.31. The van der Waals surface area contributed by atoms with Crippen molar-refractivity contribution in [2.75, 3.05) is 40.4 Å². The van der Waals surface area contributed by atoms with Crippen LogP contribution in [0.3, 0.4) is 0 Å². The Labute approximate surface area is 193 Å². The van der Waals surface area contributed by atoms with Crippen LogP contribution in [0.4, 0.5) is 4.39 Å². The third-order valence-electron chi connectivity index (χ3n) is 4.94. The number of rotatable bonds is 9. The molecule has 3 rings (SSSR count). The summed E-state index contributed by atoms with van der Waals surface area (Å²) >= 11 is 1.63. The van der Waals surface area contributed by atoms with Crippen molar-refractivity contribution in [3.05, 3.63) is 30.2 Å². The lowest BCUT2D eigenvalue weighted by Crippen LogP contribution is -2.20. The zero-order valence-corrected chi connectivity index (χ0v) is 20.0. The number of likely N-dealkylation sites (N-methyl/N-ethyl adjacent to an activating group) is 1. The maximum absolute atomic E-state index is 12.6. The predicted molar refractivity (Wildman–Crippen MR) is 120 cm³/mol. The van der Waals surface area contributed by atoms with E-state index in [0.717, 1.165) is 18.0 Å². The average molecular weight is 470 g/mol. The molecule has 1 N–H and O–H groups in total. The Hall–Kier alpha value is -2.17. The molecule has 178 valence electrons. The Balaban J connectivity index is 0.000000451. The fourth-order valence-electron chi connectivity index (χ4n) is 3.36. The zero-order valence-electron chi connectivity index (χ0n) is 19.2. The molecule has 0 spiro atoms. The van der Waals surface area contributed by atoms with Crippen LogP contribution in [0.1, 0.15) is 20.8 Å². The molecule has 1 aliphatic carbocycles. The van der Waals surface area contributed by atoms with Crippen LogP contribution >= 0.6 is 11.9 Å². The molecule has 0 aromatic carbocycles. The fraction of sp³-hybridized carbons (Fsp3) is 0.591. The lowest BCUT2D eigenvalue weighted by molar-refractivity contribution is -0.143. The van der Waals surface area contributed by atoms with Crippen LogP contribution in [-0.2, 0) is 19.1 Å². The molecule has 1 aliphatic heterocycles. The molecule has 0 amide bonds. The highest BCUT2D eigenvalue weighted by atomic mass is 32.2. The van der Waals surface area contributed by atoms with Gasteiger partial charge in [0, 0.05) is 42.4 Å². The Bertz CT molecular complexity index is 773. The first-order chi connectivity index (χ1) is 15.2. The summed E-state index contributed by atoms with van der Waals surface area (Å²) in [5.41, 5.74) is 0.209. The standard InChI is InChI=1S/C17H22FN3O3S.C5H10O2/c1-19-6-11(5-18)10-24-15-4-3-12(7-20-15)25-21-8-13-14(9-21)16(13)17(22)23-2;1-5(2,3)7-4-6/h3-5,7,13-14,16,19H,6,8-10H2,1-2H3;4H,1-3H3/b11-5+;/t13-,14+,16?;. The third kappa shape index (κ3) is 8.07. The fourth-order valence-corrected chi connectivity index (χ4v) is 4.38. The molecule has 2 aliphatic rings. The molecule has 1 saturated heterocycles. The maximum Gasteiger partial charge on any atom is 0.309 e. The third-order valence-corrected chi connectivity index (χ3v) is 5.95. The SMILES string of the molecule is CC(C)(C)OC=O.CNC/C(=C\F)COc1ccc(SN2C[C@@H]3C(C(=O)OC)[C@@H]3C2)cn1. The smallest absolute Gasteiger partial charge is 0.309 e. The molecule has 3 atom stereocenters. The molecule has 0 bridgehead atoms. The number of ether oxygens (including phenoxy) is 3. The Kier molecular flexibility index (Phi) is 9.92. The highest BCUT2D eigenvalue weighted by molar-refractivity contribution is 7.97. The Morgan fingerprint density at radius 1 is 1.34 bits per heavy atom. The van der Waals surface area contributed by atoms with Crippen LogP contribution in [-0.4, -0.2) is 67.7 Å². The van der Waals surface area contributed by atoms with Crippen molar-refractivity contribution in [2.24, 2.45) is 17.8 Å². The van der Waals surface area contributed by atoms with Gasteiger partial charge >= 0.3 is 5.97 Å². The lowest BCUT2D eigenvalue weighted by atomic mass is 10.2. The van der Waals surface area contributed by atoms with Crippen molar-refractivity contribution in [1.29, 1.82) is 0 Å². The number of methoxy groups -OCH3 is 1. The van der Waals surface area contributed by atoms with E-state index in [9.17, 15) is 14.0 Å². The van der Waals surface area contributed by atoms with Gasteiger partial charge in [-0.05, 0) is 57.7 Å². The monoisotopic (exact) mass is 469 g/mol. The minimum absolute atomic E-state index is 0.0808. The summed E-state index contributed by atoms with van der Waals surface area (Å²) in [6.45, 7) is 8.31. The van der Waals surface area contributed by atoms with E-state index in [1.807, 2.05) is 26.8 Å². The first-order valence-corrected chi connectivity index (χ1v) is 11.1. The van der Waals surface area contributed by atoms with Gasteiger partial charge in [0.25, 0.3) is 6.47 Å². The normalized spacial score (nSPS) is 22.3. The predicted octanol–water partition coefficient (Wildman–Crippen LogP) is 2.85. The second kappa shape index (κ2) is 12.2. The molecule has 2 heterocycles. The van der Waals surface area contributed by atoms with Crippen LogP contribution < -0.4 is 10.1 Å². The number of carbonyl (C=O) groups excluding carboxylic acids is 2. The van der Waals surface area contributed by atoms with Gasteiger partial charge in [-0.1, -0.05) is 0 Å². The number of esters is 1. The number of fused-ring (bicyclic) bond motifs is 1. The van der Waals surface area contributed by atoms with E-state index >= 15 is 0 Å². The quantitative estimate of drug-likeness (QED) is 0.333. The number of halogens is 1. The minimum atomic E-state index is -0.318. The summed E-state index contributed by atoms with van der Waals surface area (Å²) < 4.78 is 29.7. The summed E-state index contributed by atoms with van der Waals surface area (Å²) in [5.74, 6) is 1.32. The summed E-state index contributed by atoms with van der Waals surface area (Å²) in [7, 11) is 3.20. The van der Waals surface area contributed by atoms with Gasteiger partial charge in [0.2, 0.25) is 5.88 Å². The van der Waals surface area contributed by atoms with E-state index in [-0.39, 0.29) is 24.1 Å². The number of pyridine rings is 1. The Morgan fingerprint density at radius 2 is 2.03 bits per heavy atom. The van der Waals surface area contributed by atoms with Crippen LogP contribution in [0.25, 0.3) is 0 Å². The van der Waals surface area contributed by atoms with Gasteiger partial charge in [-0.3, -0.25) is 9.59 Å². The largest absolute Gasteiger partial charge is 0.473 e. The second-order valence-electron chi connectivity index (χ2n) is 8.56. The number of hydrogen-bond donors (Lipinski definition) is 1. The number of hydrogen-bond acceptors (Lipinski definition) is 9. The highest BCUT2D eigenvalue weighted by Gasteiger charge is 2.60. The van der Waals surface area contributed by atoms with Gasteiger partial charge in [0.15, 0.2) is 0 Å². The van der Waals surface area contributed by atoms with Crippen molar-refractivity contribution in [3.63, 3.8) is 0 Å². The van der Waals surface area contributed by atoms with E-state index in [0.29, 0.717) is 42.6 Å². The van der Waals surface area contributed by atoms with Gasteiger partial charge < -0.3 is 19.5 Å². The van der Waals surface area contributed by atoms with E-state index in [1.54, 1.807) is 31.3 Å². The molecule has 32 heavy (non-hydrogen) atoms. The zero-order chi connectivity index (χ0) is 23.7. The van der Waals surface area contributed by atoms with Gasteiger partial charge in [-0.15, -0.1) is 0 Å². The van der Waals surface area contributed by atoms with Crippen LogP contribution in [0.15, 0.2) is 35.1 Å². The van der Waals surface area contributed by atoms with Gasteiger partial charge in [0.1, 0.15) is 12.2 Å². The molecule has 1 aromatic heterocycles. The first-order valence-electron chi connectivity index (χ1n) is 10.4. The molecule has 1 unspecified atom stereocenters. The van der Waals surface area contributed by atoms with Gasteiger partial charge in [-0.25, -0.2) is 13.7 Å². The molecule has 1 aromatic rings. The average Bonchev–Trinajstić information content (AvgIpc) is 3.26. The first kappa shape index (κ1) is 26.1. The van der Waals surface area contributed by atoms with E-state index < -0.39 is 0 Å². The van der Waals surface area contributed by atoms with E-state index in [1.165, 1.54) is 7.11 Å². The second-order valence-corrected chi connectivity index (χ2v) is 9.73. The topological polar surface area (TPSA) is 90.0 Å². The van der Waals surface area contributed by atoms with Gasteiger partial charge in [-0.2, -0.15) is 0 Å². The summed E-state index contributed by atoms with van der Waals surface area (Å²) in [4.78, 5) is 26.4. The number of nitrogens with zero attached hydrogens (tertiary/aromatic N) is 2. The van der Waals surface area contributed by atoms with Crippen molar-refractivity contribution >= 4 is 24.4 Å². The van der Waals surface area contributed by atoms with Crippen LogP contribution in [0.2, 0.25) is 0 Å². The number of aromatic nitrogens is 1. The summed E-state index contributed by atoms with van der Waals surface area (Å²) in [6, 6.07) is 3.72. The highest BCUT2D eigenvalue weighted by Crippen LogP contribution is 2.54. The van der Waals surface area contributed by atoms with Gasteiger partial charge in [0.05, 0.1) is 19.4 Å². The molecule has 10 heteroatoms. The lowest BCUT2D eigenvalue weighted by Gasteiger charge is -2.17. The van der Waals surface area contributed by atoms with Crippen molar-refractivity contribution in [3.8, 4) is 5.88 Å². The van der Waals surface area contributed by atoms with E-state index in [4.69, 9.17) is 9.47 Å². The summed E-state index contributed by atoms with van der Waals surface area (Å²) in [5, 5.41) is 2.88. The number of carbonyl (C=O) groups is 2. The van der Waals surface area contributed by atoms with Crippen molar-refractivity contribution in [2.45, 2.75) is 31.3 Å². The number of piperidine rings is 1. The van der Waals surface area contributed by atoms with Crippen LogP contribution in [0.5, 0.6) is 5.88 Å². The molecular weight excluding hydrogens is 437 g/mol.